The predicted octanol–water partition coefficient (Wildman–Crippen LogP) is 11.0. The number of nitrogens with zero attached hydrogens (tertiary/aromatic N) is 1. The molecule has 0 radical (unpaired) electrons. The number of aromatic hydroxyl groups is 1. The molecule has 1 heterocycles. The number of halogens is 30. The number of hydrogen-bond donors (Lipinski definition) is 2. The number of hydrogen-bond acceptors (Lipinski definition) is 3. The van der Waals surface area contributed by atoms with Crippen LogP contribution < -0.4 is 43.2 Å². The van der Waals surface area contributed by atoms with Gasteiger partial charge in [-0.3, -0.25) is 10.4 Å². The van der Waals surface area contributed by atoms with Gasteiger partial charge in [-0.15, -0.1) is 0 Å². The molecule has 1 aliphatic carbocycles. The van der Waals surface area contributed by atoms with Crippen molar-refractivity contribution in [1.29, 1.82) is 0 Å². The van der Waals surface area contributed by atoms with Crippen LogP contribution in [-0.4, -0.2) is 18.5 Å². The molecular weight excluding hydrogens is 1220 g/mol. The van der Waals surface area contributed by atoms with E-state index in [0.717, 1.165) is 12.1 Å². The summed E-state index contributed by atoms with van der Waals surface area (Å²) in [4.78, 5) is 0. The van der Waals surface area contributed by atoms with Crippen LogP contribution >= 0.6 is 0 Å². The molecule has 0 amide bonds. The van der Waals surface area contributed by atoms with Crippen molar-refractivity contribution < 1.29 is 137 Å². The Bertz CT molecular complexity index is 3310. The first-order valence-corrected chi connectivity index (χ1v) is 21.7. The van der Waals surface area contributed by atoms with E-state index in [2.05, 4.69) is 23.7 Å². The molecule has 0 saturated carbocycles. The highest BCUT2D eigenvalue weighted by Gasteiger charge is 2.47. The highest BCUT2D eigenvalue weighted by atomic mass is 19.2. The normalized spacial score (nSPS) is 12.6. The molecule has 7 aromatic carbocycles. The zero-order chi connectivity index (χ0) is 62.9. The molecule has 35 heteroatoms. The summed E-state index contributed by atoms with van der Waals surface area (Å²) in [6, 6.07) is 7.12. The Morgan fingerprint density at radius 2 is 0.488 bits per heavy atom. The molecular formula is C49H12B2F30N2O. The minimum absolute atomic E-state index is 0.284. The summed E-state index contributed by atoms with van der Waals surface area (Å²) in [7, 11) is 0. The summed E-state index contributed by atoms with van der Waals surface area (Å²) >= 11 is 0. The van der Waals surface area contributed by atoms with Crippen LogP contribution in [0, 0.1) is 175 Å². The van der Waals surface area contributed by atoms with E-state index in [1.54, 1.807) is 12.1 Å². The van der Waals surface area contributed by atoms with Gasteiger partial charge in [0, 0.05) is 51.1 Å². The molecule has 0 atom stereocenters. The molecule has 1 aliphatic heterocycles. The fourth-order valence-electron chi connectivity index (χ4n) is 8.01. The molecule has 9 rings (SSSR count). The van der Waals surface area contributed by atoms with E-state index in [9.17, 15) is 137 Å². The number of nitrogens with one attached hydrogen (secondary N) is 1. The van der Waals surface area contributed by atoms with Gasteiger partial charge in [-0.1, -0.05) is 12.2 Å². The third kappa shape index (κ3) is 10.3. The van der Waals surface area contributed by atoms with Crippen molar-refractivity contribution in [2.24, 2.45) is 0 Å². The second-order valence-electron chi connectivity index (χ2n) is 16.6. The number of hydrazine groups is 1. The number of rotatable bonds is 7. The van der Waals surface area contributed by atoms with Crippen LogP contribution in [0.15, 0.2) is 60.0 Å². The van der Waals surface area contributed by atoms with Gasteiger partial charge < -0.3 is 5.11 Å². The number of phenols is 1. The third-order valence-electron chi connectivity index (χ3n) is 11.9. The number of allylic oxidation sites excluding steroid dienone is 4. The van der Waals surface area contributed by atoms with Gasteiger partial charge in [0.25, 0.3) is 13.4 Å². The minimum atomic E-state index is -3.96. The SMILES string of the molecule is Fc1c(F)c(F)c(B(c2c(F)c(F)c(F)c(F)c2F)c2c(F)c(F)c(F)c(F)c2F)c(F)c1F.Fc1c(F)c(F)c(B(c2c(F)c(F)c(F)c(F)c2F)c2c(F)c(F)c(F)c(F)c2F)c(F)c1F.Oc1ccc(N2C=CC3=C(CC=C3)N2)cc1. The van der Waals surface area contributed by atoms with Crippen molar-refractivity contribution in [1.82, 2.24) is 5.43 Å². The van der Waals surface area contributed by atoms with E-state index in [1.807, 2.05) is 23.3 Å². The molecule has 7 aromatic rings. The lowest BCUT2D eigenvalue weighted by atomic mass is 9.36. The Balaban J connectivity index is 0.000000192. The quantitative estimate of drug-likeness (QED) is 0.0723. The summed E-state index contributed by atoms with van der Waals surface area (Å²) < 4.78 is 417. The number of benzene rings is 7. The van der Waals surface area contributed by atoms with Crippen molar-refractivity contribution in [2.75, 3.05) is 5.01 Å². The van der Waals surface area contributed by atoms with Gasteiger partial charge in [0.2, 0.25) is 0 Å². The van der Waals surface area contributed by atoms with E-state index < -0.39 is 221 Å². The maximum atomic E-state index is 14.4. The van der Waals surface area contributed by atoms with Crippen LogP contribution in [0.1, 0.15) is 6.42 Å². The predicted molar refractivity (Wildman–Crippen MR) is 230 cm³/mol. The van der Waals surface area contributed by atoms with Gasteiger partial charge >= 0.3 is 0 Å². The molecule has 0 aromatic heterocycles. The Morgan fingerprint density at radius 3 is 0.702 bits per heavy atom. The monoisotopic (exact) mass is 1240 g/mol. The smallest absolute Gasteiger partial charge is 0.265 e. The standard InChI is InChI=1S/2C18BF15.C13H12N2O/c2*20-4-1(5(21)11(27)16(32)10(4)26)19(2-6(22)12(28)17(33)13(29)7(2)23)3-8(24)14(30)18(34)15(31)9(3)25;16-12-6-4-11(5-7-12)15-9-8-10-2-1-3-13(10)14-15/h;;1-2,4-9,14,16H,3H2. The molecule has 440 valence electrons. The molecule has 0 spiro atoms. The second kappa shape index (κ2) is 23.4. The second-order valence-corrected chi connectivity index (χ2v) is 16.6. The van der Waals surface area contributed by atoms with E-state index in [4.69, 9.17) is 0 Å². The first-order valence-electron chi connectivity index (χ1n) is 21.7. The topological polar surface area (TPSA) is 35.5 Å². The van der Waals surface area contributed by atoms with Crippen LogP contribution in [0.2, 0.25) is 0 Å². The maximum Gasteiger partial charge on any atom is 0.265 e. The van der Waals surface area contributed by atoms with Crippen molar-refractivity contribution in [3.63, 3.8) is 0 Å². The Labute approximate surface area is 445 Å². The fraction of sp³-hybridized carbons (Fsp3) is 0.0204. The van der Waals surface area contributed by atoms with Crippen molar-refractivity contribution in [3.8, 4) is 5.75 Å². The Kier molecular flexibility index (Phi) is 17.5. The zero-order valence-corrected chi connectivity index (χ0v) is 39.2. The number of anilines is 1. The molecule has 84 heavy (non-hydrogen) atoms. The first kappa shape index (κ1) is 62.8. The van der Waals surface area contributed by atoms with E-state index in [1.165, 1.54) is 11.3 Å². The van der Waals surface area contributed by atoms with E-state index in [0.29, 0.717) is 0 Å². The van der Waals surface area contributed by atoms with Crippen LogP contribution in [-0.2, 0) is 0 Å². The van der Waals surface area contributed by atoms with Gasteiger partial charge in [0.05, 0.1) is 5.69 Å². The summed E-state index contributed by atoms with van der Waals surface area (Å²) in [5.74, 6) is -90.2. The summed E-state index contributed by atoms with van der Waals surface area (Å²) in [5.41, 5.74) is -9.26. The third-order valence-corrected chi connectivity index (χ3v) is 11.9. The maximum absolute atomic E-state index is 14.4. The number of phenolic OH excluding ortho intramolecular Hbond substituents is 1. The fourth-order valence-corrected chi connectivity index (χ4v) is 8.01. The summed E-state index contributed by atoms with van der Waals surface area (Å²) in [5, 5.41) is 11.2. The molecule has 0 fully saturated rings. The van der Waals surface area contributed by atoms with Crippen molar-refractivity contribution in [3.05, 3.63) is 234 Å². The molecule has 3 nitrogen and oxygen atoms in total. The average Bonchev–Trinajstić information content (AvgIpc) is 3.27. The van der Waals surface area contributed by atoms with E-state index in [-0.39, 0.29) is 5.75 Å². The van der Waals surface area contributed by atoms with Gasteiger partial charge in [0.1, 0.15) is 5.75 Å². The molecule has 0 unspecified atom stereocenters. The summed E-state index contributed by atoms with van der Waals surface area (Å²) in [6.45, 7) is -7.92. The van der Waals surface area contributed by atoms with Crippen molar-refractivity contribution in [2.45, 2.75) is 6.42 Å². The Hall–Kier alpha value is -8.81. The van der Waals surface area contributed by atoms with E-state index >= 15 is 0 Å². The lowest BCUT2D eigenvalue weighted by Gasteiger charge is -2.27. The molecule has 2 N–H and O–H groups in total. The van der Waals surface area contributed by atoms with Gasteiger partial charge in [-0.25, -0.2) is 132 Å². The highest BCUT2D eigenvalue weighted by molar-refractivity contribution is 6.96. The lowest BCUT2D eigenvalue weighted by molar-refractivity contribution is 0.380. The van der Waals surface area contributed by atoms with Crippen LogP contribution in [0.25, 0.3) is 0 Å². The largest absolute Gasteiger partial charge is 0.508 e. The molecule has 0 saturated heterocycles. The Morgan fingerprint density at radius 1 is 0.286 bits per heavy atom. The van der Waals surface area contributed by atoms with Gasteiger partial charge in [0.15, 0.2) is 175 Å². The zero-order valence-electron chi connectivity index (χ0n) is 39.2. The summed E-state index contributed by atoms with van der Waals surface area (Å²) in [6.07, 6.45) is 9.28. The average molecular weight is 1240 g/mol. The molecule has 2 aliphatic rings. The van der Waals surface area contributed by atoms with Crippen LogP contribution in [0.3, 0.4) is 0 Å². The first-order chi connectivity index (χ1) is 39.1. The van der Waals surface area contributed by atoms with Gasteiger partial charge in [-0.2, -0.15) is 0 Å². The lowest BCUT2D eigenvalue weighted by Crippen LogP contribution is -2.60. The van der Waals surface area contributed by atoms with Crippen LogP contribution in [0.4, 0.5) is 137 Å². The minimum Gasteiger partial charge on any atom is -0.508 e. The molecule has 0 bridgehead atoms. The van der Waals surface area contributed by atoms with Crippen LogP contribution in [0.5, 0.6) is 5.75 Å². The van der Waals surface area contributed by atoms with Gasteiger partial charge in [-0.05, 0) is 35.9 Å². The highest BCUT2D eigenvalue weighted by Crippen LogP contribution is 2.29. The van der Waals surface area contributed by atoms with Crippen molar-refractivity contribution >= 4 is 51.9 Å².